The van der Waals surface area contributed by atoms with Gasteiger partial charge in [0, 0.05) is 47.8 Å². The molecule has 2 nitrogen and oxygen atoms in total. The van der Waals surface area contributed by atoms with E-state index in [-0.39, 0.29) is 5.41 Å². The summed E-state index contributed by atoms with van der Waals surface area (Å²) in [6, 6.07) is 52.8. The molecule has 2 heterocycles. The maximum Gasteiger partial charge on any atom is 0.161 e. The molecular weight excluding hydrogens is 613 g/mol. The van der Waals surface area contributed by atoms with E-state index in [1.165, 1.54) is 85.7 Å². The van der Waals surface area contributed by atoms with Gasteiger partial charge in [0.2, 0.25) is 0 Å². The fourth-order valence-electron chi connectivity index (χ4n) is 8.71. The number of hydrogen-bond acceptors (Lipinski definition) is 3. The zero-order chi connectivity index (χ0) is 32.4. The van der Waals surface area contributed by atoms with Crippen LogP contribution in [0.1, 0.15) is 43.2 Å². The van der Waals surface area contributed by atoms with Crippen LogP contribution in [0.4, 0.5) is 0 Å². The summed E-state index contributed by atoms with van der Waals surface area (Å²) >= 11 is 1.88. The molecule has 2 aliphatic carbocycles. The van der Waals surface area contributed by atoms with Crippen LogP contribution < -0.4 is 0 Å². The van der Waals surface area contributed by atoms with Crippen molar-refractivity contribution in [2.45, 2.75) is 37.5 Å². The summed E-state index contributed by atoms with van der Waals surface area (Å²) in [5.41, 5.74) is 13.8. The van der Waals surface area contributed by atoms with Gasteiger partial charge in [0.15, 0.2) is 5.82 Å². The number of aromatic nitrogens is 2. The zero-order valence-electron chi connectivity index (χ0n) is 27.2. The van der Waals surface area contributed by atoms with Crippen molar-refractivity contribution in [2.75, 3.05) is 0 Å². The Morgan fingerprint density at radius 2 is 0.980 bits per heavy atom. The molecule has 0 unspecified atom stereocenters. The maximum atomic E-state index is 5.22. The summed E-state index contributed by atoms with van der Waals surface area (Å²) in [5, 5.41) is 2.55. The summed E-state index contributed by atoms with van der Waals surface area (Å²) in [5.74, 6) is 0.757. The Kier molecular flexibility index (Phi) is 6.63. The second kappa shape index (κ2) is 11.4. The van der Waals surface area contributed by atoms with Crippen LogP contribution in [0.3, 0.4) is 0 Å². The molecule has 0 saturated heterocycles. The Morgan fingerprint density at radius 3 is 1.67 bits per heavy atom. The predicted molar refractivity (Wildman–Crippen MR) is 206 cm³/mol. The van der Waals surface area contributed by atoms with Crippen LogP contribution in [0.2, 0.25) is 0 Å². The highest BCUT2D eigenvalue weighted by atomic mass is 32.1. The van der Waals surface area contributed by atoms with Gasteiger partial charge in [-0.15, -0.1) is 11.3 Å². The van der Waals surface area contributed by atoms with Crippen LogP contribution in [0, 0.1) is 0 Å². The molecule has 8 aromatic rings. The van der Waals surface area contributed by atoms with Gasteiger partial charge in [-0.2, -0.15) is 0 Å². The van der Waals surface area contributed by atoms with E-state index in [0.717, 1.165) is 33.9 Å². The van der Waals surface area contributed by atoms with Crippen molar-refractivity contribution >= 4 is 31.5 Å². The third-order valence-corrected chi connectivity index (χ3v) is 12.2. The monoisotopic (exact) mass is 646 g/mol. The van der Waals surface area contributed by atoms with Gasteiger partial charge in [-0.3, -0.25) is 0 Å². The van der Waals surface area contributed by atoms with Gasteiger partial charge in [0.1, 0.15) is 0 Å². The highest BCUT2D eigenvalue weighted by Crippen LogP contribution is 2.58. The van der Waals surface area contributed by atoms with E-state index in [4.69, 9.17) is 9.97 Å². The number of hydrogen-bond donors (Lipinski definition) is 0. The molecule has 0 amide bonds. The fourth-order valence-corrected chi connectivity index (χ4v) is 10.1. The first kappa shape index (κ1) is 28.6. The molecule has 1 spiro atoms. The quantitative estimate of drug-likeness (QED) is 0.190. The smallest absolute Gasteiger partial charge is 0.161 e. The molecule has 2 aliphatic rings. The lowest BCUT2D eigenvalue weighted by Crippen LogP contribution is -2.27. The van der Waals surface area contributed by atoms with E-state index in [1.807, 2.05) is 11.3 Å². The molecule has 10 rings (SSSR count). The highest BCUT2D eigenvalue weighted by molar-refractivity contribution is 7.26. The van der Waals surface area contributed by atoms with Gasteiger partial charge in [0.25, 0.3) is 0 Å². The molecular formula is C46H34N2S. The number of benzene rings is 6. The van der Waals surface area contributed by atoms with E-state index in [9.17, 15) is 0 Å². The number of rotatable bonds is 4. The van der Waals surface area contributed by atoms with E-state index >= 15 is 0 Å². The van der Waals surface area contributed by atoms with Crippen molar-refractivity contribution in [3.8, 4) is 56.2 Å². The van der Waals surface area contributed by atoms with E-state index < -0.39 is 0 Å². The molecule has 1 saturated carbocycles. The Balaban J connectivity index is 1.19. The fraction of sp³-hybridized carbons (Fsp3) is 0.130. The standard InChI is InChI=1S/C46H34N2S/c1-4-15-30(16-5-1)40-29-41(31-17-6-2-7-18-31)48-45(47-40)37-24-13-23-35-34-22-12-21-33(43(34)49-44(35)37)32-20-14-26-39-42(32)36-19-8-9-25-38(36)46(39)27-10-3-11-28-46/h1-2,4-9,12-26,29H,3,10-11,27-28H2. The van der Waals surface area contributed by atoms with Crippen molar-refractivity contribution in [1.82, 2.24) is 9.97 Å². The Morgan fingerprint density at radius 1 is 0.449 bits per heavy atom. The molecule has 6 aromatic carbocycles. The summed E-state index contributed by atoms with van der Waals surface area (Å²) in [4.78, 5) is 10.4. The van der Waals surface area contributed by atoms with Crippen molar-refractivity contribution in [1.29, 1.82) is 0 Å². The summed E-state index contributed by atoms with van der Waals surface area (Å²) in [7, 11) is 0. The molecule has 49 heavy (non-hydrogen) atoms. The molecule has 0 radical (unpaired) electrons. The summed E-state index contributed by atoms with van der Waals surface area (Å²) in [6.07, 6.45) is 6.42. The Hall–Kier alpha value is -5.38. The lowest BCUT2D eigenvalue weighted by atomic mass is 9.68. The topological polar surface area (TPSA) is 25.8 Å². The van der Waals surface area contributed by atoms with E-state index in [2.05, 4.69) is 146 Å². The van der Waals surface area contributed by atoms with Gasteiger partial charge in [-0.25, -0.2) is 9.97 Å². The van der Waals surface area contributed by atoms with Gasteiger partial charge < -0.3 is 0 Å². The minimum atomic E-state index is 0.138. The first-order valence-corrected chi connectivity index (χ1v) is 18.3. The van der Waals surface area contributed by atoms with E-state index in [0.29, 0.717) is 0 Å². The molecule has 3 heteroatoms. The number of thiophene rings is 1. The van der Waals surface area contributed by atoms with Crippen LogP contribution in [-0.2, 0) is 5.41 Å². The normalized spacial score (nSPS) is 14.7. The summed E-state index contributed by atoms with van der Waals surface area (Å²) in [6.45, 7) is 0. The van der Waals surface area contributed by atoms with Crippen LogP contribution in [0.5, 0.6) is 0 Å². The average molecular weight is 647 g/mol. The van der Waals surface area contributed by atoms with Crippen molar-refractivity contribution in [3.05, 3.63) is 157 Å². The second-order valence-electron chi connectivity index (χ2n) is 13.6. The largest absolute Gasteiger partial charge is 0.228 e. The average Bonchev–Trinajstić information content (AvgIpc) is 3.69. The number of nitrogens with zero attached hydrogens (tertiary/aromatic N) is 2. The van der Waals surface area contributed by atoms with Crippen molar-refractivity contribution in [3.63, 3.8) is 0 Å². The molecule has 0 bridgehead atoms. The van der Waals surface area contributed by atoms with Gasteiger partial charge in [0.05, 0.1) is 11.4 Å². The minimum absolute atomic E-state index is 0.138. The molecule has 0 aliphatic heterocycles. The molecule has 1 fully saturated rings. The van der Waals surface area contributed by atoms with Crippen LogP contribution >= 0.6 is 11.3 Å². The third-order valence-electron chi connectivity index (χ3n) is 10.9. The molecule has 0 atom stereocenters. The SMILES string of the molecule is c1ccc(-c2cc(-c3ccccc3)nc(-c3cccc4c3sc3c(-c5cccc6c5-c5ccccc5C65CCCCC5)cccc34)n2)cc1. The predicted octanol–water partition coefficient (Wildman–Crippen LogP) is 12.7. The first-order chi connectivity index (χ1) is 24.3. The Bertz CT molecular complexity index is 2470. The van der Waals surface area contributed by atoms with Crippen molar-refractivity contribution < 1.29 is 0 Å². The Labute approximate surface area is 290 Å². The van der Waals surface area contributed by atoms with Gasteiger partial charge in [-0.05, 0) is 52.8 Å². The van der Waals surface area contributed by atoms with Gasteiger partial charge >= 0.3 is 0 Å². The number of fused-ring (bicyclic) bond motifs is 8. The lowest BCUT2D eigenvalue weighted by molar-refractivity contribution is 0.353. The zero-order valence-corrected chi connectivity index (χ0v) is 28.0. The van der Waals surface area contributed by atoms with Crippen LogP contribution in [0.25, 0.3) is 76.3 Å². The highest BCUT2D eigenvalue weighted by Gasteiger charge is 2.44. The lowest BCUT2D eigenvalue weighted by Gasteiger charge is -2.36. The molecule has 0 N–H and O–H groups in total. The summed E-state index contributed by atoms with van der Waals surface area (Å²) < 4.78 is 2.55. The molecule has 234 valence electrons. The van der Waals surface area contributed by atoms with Crippen LogP contribution in [0.15, 0.2) is 146 Å². The first-order valence-electron chi connectivity index (χ1n) is 17.5. The van der Waals surface area contributed by atoms with Crippen LogP contribution in [-0.4, -0.2) is 9.97 Å². The molecule has 2 aromatic heterocycles. The van der Waals surface area contributed by atoms with Gasteiger partial charge in [-0.1, -0.05) is 153 Å². The van der Waals surface area contributed by atoms with E-state index in [1.54, 1.807) is 0 Å². The maximum absolute atomic E-state index is 5.22. The third kappa shape index (κ3) is 4.46. The minimum Gasteiger partial charge on any atom is -0.228 e. The second-order valence-corrected chi connectivity index (χ2v) is 14.6. The van der Waals surface area contributed by atoms with Crippen molar-refractivity contribution in [2.24, 2.45) is 0 Å².